The van der Waals surface area contributed by atoms with Crippen LogP contribution in [0.5, 0.6) is 0 Å². The van der Waals surface area contributed by atoms with Crippen LogP contribution in [0.3, 0.4) is 0 Å². The molecule has 0 fully saturated rings. The predicted octanol–water partition coefficient (Wildman–Crippen LogP) is 2.61. The fraction of sp³-hybridized carbons (Fsp3) is 0.250. The molecule has 0 atom stereocenters. The molecule has 0 aliphatic carbocycles. The van der Waals surface area contributed by atoms with Crippen LogP contribution in [0.4, 0.5) is 0 Å². The van der Waals surface area contributed by atoms with Crippen molar-refractivity contribution in [2.75, 3.05) is 5.33 Å². The summed E-state index contributed by atoms with van der Waals surface area (Å²) in [4.78, 5) is 19.8. The molecule has 1 N–H and O–H groups in total. The summed E-state index contributed by atoms with van der Waals surface area (Å²) in [6, 6.07) is 3.85. The Balaban J connectivity index is 1.97. The molecule has 0 radical (unpaired) electrons. The summed E-state index contributed by atoms with van der Waals surface area (Å²) in [5.41, 5.74) is 1.93. The molecule has 0 bridgehead atoms. The van der Waals surface area contributed by atoms with Gasteiger partial charge in [0, 0.05) is 35.1 Å². The number of carbonyl (C=O) groups excluding carboxylic acids is 1. The largest absolute Gasteiger partial charge is 0.350 e. The van der Waals surface area contributed by atoms with Gasteiger partial charge in [-0.25, -0.2) is 4.98 Å². The standard InChI is InChI=1S/C12H12BrN3OS/c13-4-1-11(17)15-7-10-8-18-12(16-10)9-2-5-14-6-3-9/h2-3,5-6,8H,1,4,7H2,(H,15,17). The van der Waals surface area contributed by atoms with Gasteiger partial charge in [0.1, 0.15) is 5.01 Å². The number of hydrogen-bond acceptors (Lipinski definition) is 4. The zero-order valence-electron chi connectivity index (χ0n) is 9.60. The van der Waals surface area contributed by atoms with Gasteiger partial charge in [-0.3, -0.25) is 9.78 Å². The Morgan fingerprint density at radius 2 is 2.17 bits per heavy atom. The summed E-state index contributed by atoms with van der Waals surface area (Å²) in [5.74, 6) is 0.0327. The first-order chi connectivity index (χ1) is 8.79. The van der Waals surface area contributed by atoms with Crippen molar-refractivity contribution in [3.05, 3.63) is 35.6 Å². The van der Waals surface area contributed by atoms with E-state index in [0.717, 1.165) is 16.3 Å². The SMILES string of the molecule is O=C(CCBr)NCc1csc(-c2ccncc2)n1. The van der Waals surface area contributed by atoms with Gasteiger partial charge in [-0.15, -0.1) is 11.3 Å². The molecule has 2 aromatic rings. The smallest absolute Gasteiger partial charge is 0.221 e. The zero-order chi connectivity index (χ0) is 12.8. The van der Waals surface area contributed by atoms with Crippen molar-refractivity contribution in [2.24, 2.45) is 0 Å². The summed E-state index contributed by atoms with van der Waals surface area (Å²) in [5, 5.41) is 6.42. The van der Waals surface area contributed by atoms with E-state index >= 15 is 0 Å². The van der Waals surface area contributed by atoms with E-state index < -0.39 is 0 Å². The maximum atomic E-state index is 11.3. The third-order valence-electron chi connectivity index (χ3n) is 2.27. The van der Waals surface area contributed by atoms with E-state index in [2.05, 4.69) is 31.2 Å². The number of alkyl halides is 1. The zero-order valence-corrected chi connectivity index (χ0v) is 12.0. The minimum atomic E-state index is 0.0327. The first kappa shape index (κ1) is 13.2. The molecular weight excluding hydrogens is 314 g/mol. The Morgan fingerprint density at radius 3 is 2.89 bits per heavy atom. The fourth-order valence-electron chi connectivity index (χ4n) is 1.38. The van der Waals surface area contributed by atoms with E-state index in [4.69, 9.17) is 0 Å². The van der Waals surface area contributed by atoms with Crippen molar-refractivity contribution in [3.63, 3.8) is 0 Å². The van der Waals surface area contributed by atoms with E-state index in [-0.39, 0.29) is 5.91 Å². The summed E-state index contributed by atoms with van der Waals surface area (Å²) < 4.78 is 0. The van der Waals surface area contributed by atoms with Crippen molar-refractivity contribution in [1.29, 1.82) is 0 Å². The van der Waals surface area contributed by atoms with E-state index in [1.54, 1.807) is 23.7 Å². The van der Waals surface area contributed by atoms with Crippen LogP contribution < -0.4 is 5.32 Å². The third-order valence-corrected chi connectivity index (χ3v) is 3.60. The van der Waals surface area contributed by atoms with Crippen molar-refractivity contribution in [3.8, 4) is 10.6 Å². The summed E-state index contributed by atoms with van der Waals surface area (Å²) in [6.45, 7) is 0.480. The highest BCUT2D eigenvalue weighted by molar-refractivity contribution is 9.09. The van der Waals surface area contributed by atoms with Gasteiger partial charge < -0.3 is 5.32 Å². The molecule has 0 unspecified atom stereocenters. The molecule has 94 valence electrons. The average Bonchev–Trinajstić information content (AvgIpc) is 2.87. The van der Waals surface area contributed by atoms with Gasteiger partial charge in [0.25, 0.3) is 0 Å². The number of amides is 1. The van der Waals surface area contributed by atoms with E-state index in [0.29, 0.717) is 18.3 Å². The number of nitrogens with zero attached hydrogens (tertiary/aromatic N) is 2. The molecule has 0 saturated heterocycles. The summed E-state index contributed by atoms with van der Waals surface area (Å²) in [7, 11) is 0. The molecule has 0 aliphatic rings. The van der Waals surface area contributed by atoms with Crippen molar-refractivity contribution in [1.82, 2.24) is 15.3 Å². The Kier molecular flexibility index (Phi) is 4.83. The lowest BCUT2D eigenvalue weighted by Crippen LogP contribution is -2.22. The van der Waals surface area contributed by atoms with Crippen molar-refractivity contribution >= 4 is 33.2 Å². The Labute approximate surface area is 118 Å². The van der Waals surface area contributed by atoms with Crippen LogP contribution >= 0.6 is 27.3 Å². The Bertz CT molecular complexity index is 515. The second kappa shape index (κ2) is 6.61. The quantitative estimate of drug-likeness (QED) is 0.860. The number of aromatic nitrogens is 2. The van der Waals surface area contributed by atoms with Crippen LogP contribution in [0.1, 0.15) is 12.1 Å². The van der Waals surface area contributed by atoms with Gasteiger partial charge in [0.05, 0.1) is 12.2 Å². The number of nitrogens with one attached hydrogen (secondary N) is 1. The molecule has 4 nitrogen and oxygen atoms in total. The number of hydrogen-bond donors (Lipinski definition) is 1. The lowest BCUT2D eigenvalue weighted by atomic mass is 10.3. The molecule has 1 amide bonds. The predicted molar refractivity (Wildman–Crippen MR) is 75.6 cm³/mol. The van der Waals surface area contributed by atoms with E-state index in [1.807, 2.05) is 17.5 Å². The topological polar surface area (TPSA) is 54.9 Å². The highest BCUT2D eigenvalue weighted by atomic mass is 79.9. The van der Waals surface area contributed by atoms with Crippen molar-refractivity contribution in [2.45, 2.75) is 13.0 Å². The van der Waals surface area contributed by atoms with E-state index in [9.17, 15) is 4.79 Å². The van der Waals surface area contributed by atoms with Crippen LogP contribution in [0.15, 0.2) is 29.9 Å². The van der Waals surface area contributed by atoms with Crippen LogP contribution in [-0.4, -0.2) is 21.2 Å². The fourth-order valence-corrected chi connectivity index (χ4v) is 2.56. The van der Waals surface area contributed by atoms with Crippen molar-refractivity contribution < 1.29 is 4.79 Å². The molecular formula is C12H12BrN3OS. The normalized spacial score (nSPS) is 10.3. The number of pyridine rings is 1. The Morgan fingerprint density at radius 1 is 1.39 bits per heavy atom. The minimum Gasteiger partial charge on any atom is -0.350 e. The van der Waals surface area contributed by atoms with Crippen LogP contribution in [0.25, 0.3) is 10.6 Å². The van der Waals surface area contributed by atoms with Gasteiger partial charge in [-0.2, -0.15) is 0 Å². The molecule has 6 heteroatoms. The summed E-state index contributed by atoms with van der Waals surface area (Å²) in [6.07, 6.45) is 3.98. The number of thiazole rings is 1. The molecule has 0 saturated carbocycles. The van der Waals surface area contributed by atoms with Gasteiger partial charge in [0.2, 0.25) is 5.91 Å². The minimum absolute atomic E-state index is 0.0327. The first-order valence-electron chi connectivity index (χ1n) is 5.47. The number of carbonyl (C=O) groups is 1. The average molecular weight is 326 g/mol. The lowest BCUT2D eigenvalue weighted by molar-refractivity contribution is -0.120. The highest BCUT2D eigenvalue weighted by Crippen LogP contribution is 2.22. The van der Waals surface area contributed by atoms with Gasteiger partial charge in [0.15, 0.2) is 0 Å². The maximum absolute atomic E-state index is 11.3. The second-order valence-electron chi connectivity index (χ2n) is 3.60. The molecule has 2 aromatic heterocycles. The van der Waals surface area contributed by atoms with Gasteiger partial charge in [-0.05, 0) is 12.1 Å². The molecule has 0 aromatic carbocycles. The van der Waals surface area contributed by atoms with E-state index in [1.165, 1.54) is 0 Å². The monoisotopic (exact) mass is 325 g/mol. The summed E-state index contributed by atoms with van der Waals surface area (Å²) >= 11 is 4.80. The molecule has 0 spiro atoms. The molecule has 2 heterocycles. The van der Waals surface area contributed by atoms with Crippen LogP contribution in [0.2, 0.25) is 0 Å². The van der Waals surface area contributed by atoms with Gasteiger partial charge >= 0.3 is 0 Å². The Hall–Kier alpha value is -1.27. The molecule has 18 heavy (non-hydrogen) atoms. The second-order valence-corrected chi connectivity index (χ2v) is 5.25. The number of halogens is 1. The lowest BCUT2D eigenvalue weighted by Gasteiger charge is -2.00. The third kappa shape index (κ3) is 3.61. The van der Waals surface area contributed by atoms with Crippen LogP contribution in [-0.2, 0) is 11.3 Å². The van der Waals surface area contributed by atoms with Crippen LogP contribution in [0, 0.1) is 0 Å². The van der Waals surface area contributed by atoms with Gasteiger partial charge in [-0.1, -0.05) is 15.9 Å². The molecule has 0 aliphatic heterocycles. The molecule has 2 rings (SSSR count). The maximum Gasteiger partial charge on any atom is 0.221 e. The number of rotatable bonds is 5. The first-order valence-corrected chi connectivity index (χ1v) is 7.47. The highest BCUT2D eigenvalue weighted by Gasteiger charge is 2.05.